The molecule has 0 nitrogen and oxygen atoms in total. The maximum Gasteiger partial charge on any atom is -1.00 e. The van der Waals surface area contributed by atoms with E-state index in [-0.39, 0.29) is 44.0 Å². The summed E-state index contributed by atoms with van der Waals surface area (Å²) in [5.74, 6) is 0. The van der Waals surface area contributed by atoms with Crippen molar-refractivity contribution in [2.45, 2.75) is 17.6 Å². The SMILES string of the molecule is CC1=CC[C]([Ti+2][CH]2c3ccccc3-c3ccccc32)=C1.[Cl-].[Cl-]. The van der Waals surface area contributed by atoms with Gasteiger partial charge in [0.1, 0.15) is 0 Å². The Balaban J connectivity index is 0.000000882. The van der Waals surface area contributed by atoms with E-state index in [4.69, 9.17) is 0 Å². The van der Waals surface area contributed by atoms with Crippen LogP contribution in [0.1, 0.15) is 28.7 Å². The van der Waals surface area contributed by atoms with E-state index in [1.807, 2.05) is 0 Å². The summed E-state index contributed by atoms with van der Waals surface area (Å²) in [7, 11) is 0. The summed E-state index contributed by atoms with van der Waals surface area (Å²) < 4.78 is 2.35. The van der Waals surface area contributed by atoms with Crippen LogP contribution >= 0.6 is 0 Å². The molecule has 0 saturated heterocycles. The molecule has 0 unspecified atom stereocenters. The topological polar surface area (TPSA) is 0 Å². The van der Waals surface area contributed by atoms with Crippen LogP contribution in [0.25, 0.3) is 11.1 Å². The molecule has 0 amide bonds. The fraction of sp³-hybridized carbons (Fsp3) is 0.158. The monoisotopic (exact) mass is 362 g/mol. The van der Waals surface area contributed by atoms with Crippen molar-refractivity contribution in [3.63, 3.8) is 0 Å². The maximum absolute atomic E-state index is 2.42. The molecule has 0 aromatic heterocycles. The van der Waals surface area contributed by atoms with Crippen LogP contribution in [-0.2, 0) is 19.2 Å². The molecule has 2 aromatic rings. The van der Waals surface area contributed by atoms with Gasteiger partial charge >= 0.3 is 129 Å². The van der Waals surface area contributed by atoms with Crippen molar-refractivity contribution < 1.29 is 44.0 Å². The van der Waals surface area contributed by atoms with E-state index in [1.165, 1.54) is 23.1 Å². The van der Waals surface area contributed by atoms with Gasteiger partial charge in [0.05, 0.1) is 0 Å². The van der Waals surface area contributed by atoms with Gasteiger partial charge in [-0.1, -0.05) is 0 Å². The van der Waals surface area contributed by atoms with E-state index in [2.05, 4.69) is 67.6 Å². The van der Waals surface area contributed by atoms with E-state index in [0.717, 1.165) is 0 Å². The molecule has 3 heteroatoms. The van der Waals surface area contributed by atoms with Crippen molar-refractivity contribution in [3.8, 4) is 11.1 Å². The van der Waals surface area contributed by atoms with Crippen LogP contribution in [0.2, 0.25) is 0 Å². The molecule has 2 aromatic carbocycles. The number of allylic oxidation sites excluding steroid dienone is 4. The zero-order valence-electron chi connectivity index (χ0n) is 12.3. The molecule has 0 bridgehead atoms. The molecule has 2 aliphatic rings. The first kappa shape index (κ1) is 17.6. The molecule has 0 heterocycles. The first-order valence-corrected chi connectivity index (χ1v) is 8.83. The Kier molecular flexibility index (Phi) is 5.74. The predicted molar refractivity (Wildman–Crippen MR) is 80.2 cm³/mol. The van der Waals surface area contributed by atoms with E-state index in [9.17, 15) is 0 Å². The molecule has 0 atom stereocenters. The first-order chi connectivity index (χ1) is 9.83. The fourth-order valence-electron chi connectivity index (χ4n) is 3.26. The van der Waals surface area contributed by atoms with Gasteiger partial charge < -0.3 is 24.8 Å². The summed E-state index contributed by atoms with van der Waals surface area (Å²) >= 11 is -0.133. The third-order valence-electron chi connectivity index (χ3n) is 4.21. The molecule has 0 N–H and O–H groups in total. The number of fused-ring (bicyclic) bond motifs is 3. The third-order valence-corrected chi connectivity index (χ3v) is 6.75. The van der Waals surface area contributed by atoms with Crippen molar-refractivity contribution >= 4 is 0 Å². The molecule has 22 heavy (non-hydrogen) atoms. The third kappa shape index (κ3) is 2.98. The second-order valence-electron chi connectivity index (χ2n) is 5.57. The second kappa shape index (κ2) is 7.19. The van der Waals surface area contributed by atoms with E-state index in [0.29, 0.717) is 4.22 Å². The number of hydrogen-bond acceptors (Lipinski definition) is 0. The van der Waals surface area contributed by atoms with Crippen LogP contribution in [0, 0.1) is 0 Å². The van der Waals surface area contributed by atoms with Crippen LogP contribution in [0.15, 0.2) is 70.1 Å². The average molecular weight is 363 g/mol. The number of hydrogen-bond donors (Lipinski definition) is 0. The minimum Gasteiger partial charge on any atom is -1.00 e. The molecule has 0 saturated carbocycles. The zero-order valence-corrected chi connectivity index (χ0v) is 15.4. The van der Waals surface area contributed by atoms with Crippen LogP contribution in [0.5, 0.6) is 0 Å². The maximum atomic E-state index is 2.42. The molecule has 0 fully saturated rings. The first-order valence-electron chi connectivity index (χ1n) is 7.15. The van der Waals surface area contributed by atoms with Gasteiger partial charge in [0.25, 0.3) is 0 Å². The molecule has 0 spiro atoms. The van der Waals surface area contributed by atoms with Crippen molar-refractivity contribution in [1.82, 2.24) is 0 Å². The normalized spacial score (nSPS) is 14.8. The summed E-state index contributed by atoms with van der Waals surface area (Å²) in [5, 5.41) is 0. The van der Waals surface area contributed by atoms with Crippen molar-refractivity contribution in [3.05, 3.63) is 81.3 Å². The number of benzene rings is 2. The van der Waals surface area contributed by atoms with Gasteiger partial charge in [-0.3, -0.25) is 0 Å². The van der Waals surface area contributed by atoms with Crippen molar-refractivity contribution in [1.29, 1.82) is 0 Å². The second-order valence-corrected chi connectivity index (χ2v) is 7.93. The molecular weight excluding hydrogens is 347 g/mol. The molecule has 0 aliphatic heterocycles. The van der Waals surface area contributed by atoms with Gasteiger partial charge in [0, 0.05) is 0 Å². The van der Waals surface area contributed by atoms with Crippen LogP contribution in [0.3, 0.4) is 0 Å². The largest absolute Gasteiger partial charge is 1.00 e. The van der Waals surface area contributed by atoms with Gasteiger partial charge in [0.2, 0.25) is 0 Å². The van der Waals surface area contributed by atoms with Crippen LogP contribution < -0.4 is 24.8 Å². The Morgan fingerprint density at radius 1 is 0.864 bits per heavy atom. The number of halogens is 2. The fourth-order valence-corrected chi connectivity index (χ4v) is 5.94. The van der Waals surface area contributed by atoms with Gasteiger partial charge in [0.15, 0.2) is 0 Å². The summed E-state index contributed by atoms with van der Waals surface area (Å²) in [4.78, 5) is 0. The zero-order chi connectivity index (χ0) is 13.5. The van der Waals surface area contributed by atoms with Crippen LogP contribution in [0.4, 0.5) is 0 Å². The Hall–Kier alpha value is -0.786. The van der Waals surface area contributed by atoms with Gasteiger partial charge in [-0.2, -0.15) is 0 Å². The Labute approximate surface area is 153 Å². The Morgan fingerprint density at radius 3 is 1.91 bits per heavy atom. The van der Waals surface area contributed by atoms with Crippen molar-refractivity contribution in [2.24, 2.45) is 0 Å². The van der Waals surface area contributed by atoms with E-state index in [1.54, 1.807) is 15.0 Å². The molecule has 2 aliphatic carbocycles. The van der Waals surface area contributed by atoms with Gasteiger partial charge in [-0.15, -0.1) is 0 Å². The molecule has 4 rings (SSSR count). The quantitative estimate of drug-likeness (QED) is 0.606. The van der Waals surface area contributed by atoms with Gasteiger partial charge in [-0.25, -0.2) is 0 Å². The van der Waals surface area contributed by atoms with E-state index >= 15 is 0 Å². The van der Waals surface area contributed by atoms with Crippen molar-refractivity contribution in [2.75, 3.05) is 0 Å². The minimum atomic E-state index is -0.133. The van der Waals surface area contributed by atoms with Crippen LogP contribution in [-0.4, -0.2) is 0 Å². The predicted octanol–water partition coefficient (Wildman–Crippen LogP) is -0.919. The average Bonchev–Trinajstić information content (AvgIpc) is 3.03. The number of rotatable bonds is 2. The summed E-state index contributed by atoms with van der Waals surface area (Å²) in [6.07, 6.45) is 5.97. The molecule has 0 radical (unpaired) electrons. The Morgan fingerprint density at radius 2 is 1.41 bits per heavy atom. The molecular formula is C19H16Cl2Ti. The molecule has 110 valence electrons. The summed E-state index contributed by atoms with van der Waals surface area (Å²) in [6, 6.07) is 17.9. The Bertz CT molecular complexity index is 701. The summed E-state index contributed by atoms with van der Waals surface area (Å²) in [5.41, 5.74) is 7.47. The minimum absolute atomic E-state index is 0. The summed E-state index contributed by atoms with van der Waals surface area (Å²) in [6.45, 7) is 2.22. The van der Waals surface area contributed by atoms with Gasteiger partial charge in [-0.05, 0) is 0 Å². The smallest absolute Gasteiger partial charge is 1.00 e. The standard InChI is InChI=1S/C13H9.C6H7.2ClH.Ti/c1-3-7-12-10(5-1)9-11-6-2-4-8-13(11)12;1-6-4-2-3-5-6;;;/h1-9H;4-5H,2H2,1H3;2*1H;/q;;;;+2/p-2. The van der Waals surface area contributed by atoms with E-state index < -0.39 is 0 Å².